The highest BCUT2D eigenvalue weighted by atomic mass is 35.5. The number of fused-ring (bicyclic) bond motifs is 1. The van der Waals surface area contributed by atoms with E-state index in [1.807, 2.05) is 0 Å². The van der Waals surface area contributed by atoms with Gasteiger partial charge in [-0.15, -0.1) is 0 Å². The van der Waals surface area contributed by atoms with E-state index in [0.717, 1.165) is 0 Å². The SMILES string of the molecule is O=C(O)Nc1noc2ccc(-c3cc(Cl)ccc3O)cc12. The lowest BCUT2D eigenvalue weighted by molar-refractivity contribution is 0.209. The number of carboxylic acid groups (broad SMARTS) is 1. The smallest absolute Gasteiger partial charge is 0.410 e. The van der Waals surface area contributed by atoms with Crippen LogP contribution in [0.15, 0.2) is 40.9 Å². The molecule has 0 aliphatic rings. The van der Waals surface area contributed by atoms with Gasteiger partial charge >= 0.3 is 6.09 Å². The van der Waals surface area contributed by atoms with Crippen molar-refractivity contribution in [1.29, 1.82) is 0 Å². The third kappa shape index (κ3) is 2.48. The number of phenolic OH excluding ortho intramolecular Hbond substituents is 1. The quantitative estimate of drug-likeness (QED) is 0.666. The fourth-order valence-electron chi connectivity index (χ4n) is 2.04. The first-order valence-electron chi connectivity index (χ1n) is 5.93. The summed E-state index contributed by atoms with van der Waals surface area (Å²) >= 11 is 5.93. The fraction of sp³-hybridized carbons (Fsp3) is 0. The molecule has 0 saturated heterocycles. The van der Waals surface area contributed by atoms with Gasteiger partial charge in [-0.2, -0.15) is 0 Å². The number of phenols is 1. The maximum Gasteiger partial charge on any atom is 0.410 e. The van der Waals surface area contributed by atoms with E-state index in [9.17, 15) is 9.90 Å². The Morgan fingerprint density at radius 1 is 1.24 bits per heavy atom. The van der Waals surface area contributed by atoms with Gasteiger partial charge in [0.1, 0.15) is 5.75 Å². The molecule has 0 unspecified atom stereocenters. The van der Waals surface area contributed by atoms with Gasteiger partial charge in [-0.1, -0.05) is 22.8 Å². The van der Waals surface area contributed by atoms with E-state index < -0.39 is 6.09 Å². The Kier molecular flexibility index (Phi) is 3.15. The van der Waals surface area contributed by atoms with Gasteiger partial charge in [-0.25, -0.2) is 4.79 Å². The number of carbonyl (C=O) groups is 1. The number of benzene rings is 2. The van der Waals surface area contributed by atoms with Gasteiger partial charge in [0.25, 0.3) is 0 Å². The van der Waals surface area contributed by atoms with Crippen molar-refractivity contribution in [2.24, 2.45) is 0 Å². The number of amides is 1. The average Bonchev–Trinajstić information content (AvgIpc) is 2.83. The number of hydrogen-bond acceptors (Lipinski definition) is 4. The first-order valence-corrected chi connectivity index (χ1v) is 6.30. The van der Waals surface area contributed by atoms with Gasteiger partial charge in [0, 0.05) is 10.6 Å². The van der Waals surface area contributed by atoms with Crippen LogP contribution >= 0.6 is 11.6 Å². The molecular formula is C14H9ClN2O4. The van der Waals surface area contributed by atoms with Gasteiger partial charge in [0.15, 0.2) is 11.4 Å². The zero-order valence-corrected chi connectivity index (χ0v) is 11.3. The molecule has 0 atom stereocenters. The second-order valence-corrected chi connectivity index (χ2v) is 4.77. The summed E-state index contributed by atoms with van der Waals surface area (Å²) in [7, 11) is 0. The highest BCUT2D eigenvalue weighted by molar-refractivity contribution is 6.31. The Morgan fingerprint density at radius 3 is 2.81 bits per heavy atom. The van der Waals surface area contributed by atoms with Crippen LogP contribution in [-0.2, 0) is 0 Å². The monoisotopic (exact) mass is 304 g/mol. The number of anilines is 1. The molecule has 0 bridgehead atoms. The van der Waals surface area contributed by atoms with E-state index in [1.165, 1.54) is 6.07 Å². The van der Waals surface area contributed by atoms with Crippen LogP contribution in [0.25, 0.3) is 22.1 Å². The Morgan fingerprint density at radius 2 is 2.05 bits per heavy atom. The van der Waals surface area contributed by atoms with Crippen LogP contribution in [0, 0.1) is 0 Å². The first kappa shape index (κ1) is 13.3. The van der Waals surface area contributed by atoms with Crippen molar-refractivity contribution in [3.63, 3.8) is 0 Å². The lowest BCUT2D eigenvalue weighted by atomic mass is 10.0. The molecule has 0 saturated carbocycles. The number of rotatable bonds is 2. The summed E-state index contributed by atoms with van der Waals surface area (Å²) in [6, 6.07) is 9.73. The van der Waals surface area contributed by atoms with Crippen LogP contribution in [0.3, 0.4) is 0 Å². The lowest BCUT2D eigenvalue weighted by Crippen LogP contribution is -2.07. The van der Waals surface area contributed by atoms with E-state index >= 15 is 0 Å². The maximum absolute atomic E-state index is 10.7. The maximum atomic E-state index is 10.7. The third-order valence-electron chi connectivity index (χ3n) is 2.96. The highest BCUT2D eigenvalue weighted by Gasteiger charge is 2.13. The van der Waals surface area contributed by atoms with Crippen molar-refractivity contribution in [2.75, 3.05) is 5.32 Å². The predicted molar refractivity (Wildman–Crippen MR) is 77.8 cm³/mol. The molecule has 1 amide bonds. The summed E-state index contributed by atoms with van der Waals surface area (Å²) in [5, 5.41) is 25.5. The number of aromatic hydroxyl groups is 1. The van der Waals surface area contributed by atoms with Crippen molar-refractivity contribution >= 4 is 34.5 Å². The zero-order chi connectivity index (χ0) is 15.0. The molecule has 6 nitrogen and oxygen atoms in total. The molecule has 3 rings (SSSR count). The number of hydrogen-bond donors (Lipinski definition) is 3. The number of halogens is 1. The fourth-order valence-corrected chi connectivity index (χ4v) is 2.21. The molecule has 3 aromatic rings. The van der Waals surface area contributed by atoms with Crippen molar-refractivity contribution in [3.8, 4) is 16.9 Å². The molecule has 0 aliphatic heterocycles. The van der Waals surface area contributed by atoms with Crippen LogP contribution in [-0.4, -0.2) is 21.5 Å². The summed E-state index contributed by atoms with van der Waals surface area (Å²) in [5.41, 5.74) is 1.63. The summed E-state index contributed by atoms with van der Waals surface area (Å²) < 4.78 is 5.03. The van der Waals surface area contributed by atoms with Crippen LogP contribution in [0.1, 0.15) is 0 Å². The first-order chi connectivity index (χ1) is 10.0. The molecule has 0 spiro atoms. The standard InChI is InChI=1S/C14H9ClN2O4/c15-8-2-3-11(18)9(6-8)7-1-4-12-10(5-7)13(17-21-12)16-14(19)20/h1-6,18H,(H,16,17)(H,19,20). The average molecular weight is 305 g/mol. The highest BCUT2D eigenvalue weighted by Crippen LogP contribution is 2.35. The normalized spacial score (nSPS) is 10.7. The molecule has 7 heteroatoms. The Hall–Kier alpha value is -2.73. The largest absolute Gasteiger partial charge is 0.507 e. The second kappa shape index (κ2) is 4.99. The minimum atomic E-state index is -1.23. The summed E-state index contributed by atoms with van der Waals surface area (Å²) in [6.07, 6.45) is -1.23. The van der Waals surface area contributed by atoms with Gasteiger partial charge in [0.05, 0.1) is 5.39 Å². The molecule has 3 N–H and O–H groups in total. The van der Waals surface area contributed by atoms with Crippen LogP contribution < -0.4 is 5.32 Å². The van der Waals surface area contributed by atoms with Gasteiger partial charge < -0.3 is 14.7 Å². The molecule has 1 heterocycles. The van der Waals surface area contributed by atoms with E-state index in [0.29, 0.717) is 27.1 Å². The van der Waals surface area contributed by atoms with Crippen molar-refractivity contribution in [2.45, 2.75) is 0 Å². The zero-order valence-electron chi connectivity index (χ0n) is 10.5. The Labute approximate surface area is 123 Å². The number of aromatic nitrogens is 1. The van der Waals surface area contributed by atoms with Crippen LogP contribution in [0.4, 0.5) is 10.6 Å². The summed E-state index contributed by atoms with van der Waals surface area (Å²) in [4.78, 5) is 10.7. The predicted octanol–water partition coefficient (Wildman–Crippen LogP) is 3.94. The summed E-state index contributed by atoms with van der Waals surface area (Å²) in [5.74, 6) is 0.170. The second-order valence-electron chi connectivity index (χ2n) is 4.33. The molecule has 2 aromatic carbocycles. The minimum absolute atomic E-state index is 0.0722. The molecule has 106 valence electrons. The van der Waals surface area contributed by atoms with Crippen LogP contribution in [0.2, 0.25) is 5.02 Å². The van der Waals surface area contributed by atoms with Crippen molar-refractivity contribution < 1.29 is 19.5 Å². The minimum Gasteiger partial charge on any atom is -0.507 e. The molecular weight excluding hydrogens is 296 g/mol. The number of nitrogens with one attached hydrogen (secondary N) is 1. The Bertz CT molecular complexity index is 844. The van der Waals surface area contributed by atoms with Gasteiger partial charge in [0.2, 0.25) is 0 Å². The van der Waals surface area contributed by atoms with Gasteiger partial charge in [-0.05, 0) is 35.9 Å². The molecule has 0 fully saturated rings. The van der Waals surface area contributed by atoms with E-state index in [2.05, 4.69) is 10.5 Å². The number of nitrogens with zero attached hydrogens (tertiary/aromatic N) is 1. The third-order valence-corrected chi connectivity index (χ3v) is 3.20. The van der Waals surface area contributed by atoms with E-state index in [-0.39, 0.29) is 11.6 Å². The van der Waals surface area contributed by atoms with Gasteiger partial charge in [-0.3, -0.25) is 5.32 Å². The van der Waals surface area contributed by atoms with E-state index in [4.69, 9.17) is 21.2 Å². The molecule has 0 radical (unpaired) electrons. The molecule has 1 aromatic heterocycles. The molecule has 0 aliphatic carbocycles. The van der Waals surface area contributed by atoms with Crippen LogP contribution in [0.5, 0.6) is 5.75 Å². The summed E-state index contributed by atoms with van der Waals surface area (Å²) in [6.45, 7) is 0. The Balaban J connectivity index is 2.15. The topological polar surface area (TPSA) is 95.6 Å². The molecule has 21 heavy (non-hydrogen) atoms. The van der Waals surface area contributed by atoms with E-state index in [1.54, 1.807) is 30.3 Å². The van der Waals surface area contributed by atoms with Crippen molar-refractivity contribution in [1.82, 2.24) is 5.16 Å². The van der Waals surface area contributed by atoms with Crippen molar-refractivity contribution in [3.05, 3.63) is 41.4 Å². The lowest BCUT2D eigenvalue weighted by Gasteiger charge is -2.05.